The number of benzene rings is 1. The molecule has 28 heavy (non-hydrogen) atoms. The number of hydrogen-bond donors (Lipinski definition) is 2. The summed E-state index contributed by atoms with van der Waals surface area (Å²) in [5.41, 5.74) is -2.29. The lowest BCUT2D eigenvalue weighted by atomic mass is 9.84. The lowest BCUT2D eigenvalue weighted by Gasteiger charge is -2.39. The fourth-order valence-corrected chi connectivity index (χ4v) is 4.17. The van der Waals surface area contributed by atoms with Crippen LogP contribution in [-0.4, -0.2) is 32.3 Å². The number of hydroxylamine groups is 8. The molecule has 0 aromatic heterocycles. The summed E-state index contributed by atoms with van der Waals surface area (Å²) >= 11 is 0. The van der Waals surface area contributed by atoms with Crippen molar-refractivity contribution in [2.75, 3.05) is 0 Å². The summed E-state index contributed by atoms with van der Waals surface area (Å²) in [5.74, 6) is 0. The van der Waals surface area contributed by atoms with Gasteiger partial charge in [0, 0.05) is 11.1 Å². The molecule has 0 aliphatic carbocycles. The second kappa shape index (κ2) is 6.20. The Bertz CT molecular complexity index is 665. The van der Waals surface area contributed by atoms with Gasteiger partial charge in [-0.15, -0.1) is 10.4 Å². The van der Waals surface area contributed by atoms with Crippen molar-refractivity contribution < 1.29 is 20.5 Å². The first-order valence-electron chi connectivity index (χ1n) is 9.71. The van der Waals surface area contributed by atoms with E-state index in [1.165, 1.54) is 0 Å². The number of nitrogens with zero attached hydrogens (tertiary/aromatic N) is 2. The zero-order valence-corrected chi connectivity index (χ0v) is 18.0. The van der Waals surface area contributed by atoms with Crippen LogP contribution < -0.4 is 10.1 Å². The van der Waals surface area contributed by atoms with Crippen LogP contribution in [0.1, 0.15) is 78.8 Å². The number of quaternary nitrogens is 2. The maximum Gasteiger partial charge on any atom is 0.196 e. The first-order valence-corrected chi connectivity index (χ1v) is 9.71. The molecule has 0 saturated carbocycles. The van der Waals surface area contributed by atoms with Crippen LogP contribution in [0.4, 0.5) is 0 Å². The van der Waals surface area contributed by atoms with Crippen molar-refractivity contribution in [3.05, 3.63) is 45.8 Å². The molecule has 4 unspecified atom stereocenters. The molecule has 2 fully saturated rings. The summed E-state index contributed by atoms with van der Waals surface area (Å²) in [5, 5.41) is 53.4. The highest BCUT2D eigenvalue weighted by Crippen LogP contribution is 2.39. The second-order valence-electron chi connectivity index (χ2n) is 10.2. The summed E-state index contributed by atoms with van der Waals surface area (Å²) in [4.78, 5) is 0. The van der Waals surface area contributed by atoms with E-state index in [-0.39, 0.29) is 10.1 Å². The summed E-state index contributed by atoms with van der Waals surface area (Å²) in [6.07, 6.45) is -1.88. The predicted octanol–water partition coefficient (Wildman–Crippen LogP) is 0.886. The summed E-state index contributed by atoms with van der Waals surface area (Å²) < 4.78 is 0. The molecule has 2 heterocycles. The molecule has 1 aromatic carbocycles. The van der Waals surface area contributed by atoms with Gasteiger partial charge in [0.2, 0.25) is 0 Å². The molecule has 156 valence electrons. The van der Waals surface area contributed by atoms with E-state index < -0.39 is 34.5 Å². The highest BCUT2D eigenvalue weighted by molar-refractivity contribution is 5.28. The van der Waals surface area contributed by atoms with Crippen LogP contribution in [0.15, 0.2) is 24.3 Å². The lowest BCUT2D eigenvalue weighted by molar-refractivity contribution is -0.927. The molecule has 0 spiro atoms. The van der Waals surface area contributed by atoms with E-state index in [0.29, 0.717) is 11.1 Å². The first kappa shape index (κ1) is 21.6. The maximum atomic E-state index is 13.0. The standard InChI is InChI=1S/C20H32N4O4/c1-17(2)18(3,4)22(26)15(21(17)25)13-10-9-11-14(12-13)16-23(27)19(5,6)20(7,8)24(16)28/h9-12,15-16,21,23H,1-8H3. The Kier molecular flexibility index (Phi) is 4.78. The Labute approximate surface area is 167 Å². The fourth-order valence-electron chi connectivity index (χ4n) is 4.17. The smallest absolute Gasteiger partial charge is 0.196 e. The van der Waals surface area contributed by atoms with Gasteiger partial charge in [0.1, 0.15) is 22.2 Å². The molecule has 3 rings (SSSR count). The quantitative estimate of drug-likeness (QED) is 0.730. The minimum Gasteiger partial charge on any atom is -0.632 e. The third kappa shape index (κ3) is 2.54. The van der Waals surface area contributed by atoms with Gasteiger partial charge in [0.25, 0.3) is 0 Å². The van der Waals surface area contributed by atoms with Crippen LogP contribution >= 0.6 is 0 Å². The normalized spacial score (nSPS) is 36.7. The van der Waals surface area contributed by atoms with Crippen molar-refractivity contribution in [2.24, 2.45) is 0 Å². The van der Waals surface area contributed by atoms with E-state index in [0.717, 1.165) is 10.1 Å². The maximum absolute atomic E-state index is 13.0. The van der Waals surface area contributed by atoms with Crippen LogP contribution in [0.2, 0.25) is 0 Å². The molecule has 2 aliphatic heterocycles. The minimum atomic E-state index is -0.942. The number of nitrogens with one attached hydrogen (secondary N) is 2. The second-order valence-corrected chi connectivity index (χ2v) is 10.2. The van der Waals surface area contributed by atoms with Crippen molar-refractivity contribution >= 4 is 0 Å². The van der Waals surface area contributed by atoms with Crippen molar-refractivity contribution in [1.82, 2.24) is 10.1 Å². The number of hydrogen-bond acceptors (Lipinski definition) is 4. The Morgan fingerprint density at radius 3 is 1.32 bits per heavy atom. The monoisotopic (exact) mass is 392 g/mol. The minimum absolute atomic E-state index is 0.151. The Morgan fingerprint density at radius 2 is 1.07 bits per heavy atom. The average Bonchev–Trinajstić information content (AvgIpc) is 2.79. The average molecular weight is 393 g/mol. The van der Waals surface area contributed by atoms with Gasteiger partial charge in [-0.05, 0) is 61.5 Å². The van der Waals surface area contributed by atoms with Gasteiger partial charge in [-0.3, -0.25) is 0 Å². The van der Waals surface area contributed by atoms with Gasteiger partial charge in [-0.25, -0.2) is 0 Å². The van der Waals surface area contributed by atoms with E-state index in [1.54, 1.807) is 79.7 Å². The summed E-state index contributed by atoms with van der Waals surface area (Å²) in [6, 6.07) is 6.83. The van der Waals surface area contributed by atoms with E-state index in [9.17, 15) is 20.8 Å². The molecule has 2 radical (unpaired) electrons. The van der Waals surface area contributed by atoms with Crippen molar-refractivity contribution in [1.29, 1.82) is 0 Å². The molecule has 8 nitrogen and oxygen atoms in total. The molecule has 2 saturated heterocycles. The molecular formula is C20H32N4O4. The van der Waals surface area contributed by atoms with E-state index in [1.807, 2.05) is 0 Å². The largest absolute Gasteiger partial charge is 0.632 e. The third-order valence-corrected chi connectivity index (χ3v) is 7.90. The van der Waals surface area contributed by atoms with E-state index in [4.69, 9.17) is 0 Å². The SMILES string of the molecule is CC1(C)N([O])C(c2cccc(C3N([O])C(C)(C)C(C)(C)[NH+]3[O-])c2)[NH+]([O-])C1(C)C. The van der Waals surface area contributed by atoms with Crippen LogP contribution in [0, 0.1) is 10.4 Å². The van der Waals surface area contributed by atoms with Gasteiger partial charge in [-0.1, -0.05) is 28.3 Å². The van der Waals surface area contributed by atoms with Crippen molar-refractivity contribution in [3.63, 3.8) is 0 Å². The lowest BCUT2D eigenvalue weighted by Crippen LogP contribution is -3.14. The zero-order valence-electron chi connectivity index (χ0n) is 18.0. The molecule has 0 bridgehead atoms. The molecule has 8 heteroatoms. The van der Waals surface area contributed by atoms with Crippen molar-refractivity contribution in [3.8, 4) is 0 Å². The Hall–Kier alpha value is -1.10. The topological polar surface area (TPSA) is 101 Å². The molecule has 0 amide bonds. The van der Waals surface area contributed by atoms with Crippen molar-refractivity contribution in [2.45, 2.75) is 89.9 Å². The molecule has 1 aromatic rings. The van der Waals surface area contributed by atoms with E-state index >= 15 is 0 Å². The zero-order chi connectivity index (χ0) is 21.4. The summed E-state index contributed by atoms with van der Waals surface area (Å²) in [7, 11) is 0. The predicted molar refractivity (Wildman–Crippen MR) is 102 cm³/mol. The molecule has 4 atom stereocenters. The fraction of sp³-hybridized carbons (Fsp3) is 0.700. The Morgan fingerprint density at radius 1 is 0.750 bits per heavy atom. The van der Waals surface area contributed by atoms with Crippen LogP contribution in [0.25, 0.3) is 0 Å². The molecular weight excluding hydrogens is 360 g/mol. The Balaban J connectivity index is 2.03. The van der Waals surface area contributed by atoms with E-state index in [2.05, 4.69) is 0 Å². The van der Waals surface area contributed by atoms with Gasteiger partial charge >= 0.3 is 0 Å². The van der Waals surface area contributed by atoms with Crippen LogP contribution in [0.5, 0.6) is 0 Å². The van der Waals surface area contributed by atoms with Gasteiger partial charge in [-0.2, -0.15) is 0 Å². The first-order chi connectivity index (χ1) is 12.6. The highest BCUT2D eigenvalue weighted by Gasteiger charge is 2.62. The molecule has 2 N–H and O–H groups in total. The molecule has 2 aliphatic rings. The third-order valence-electron chi connectivity index (χ3n) is 7.90. The van der Waals surface area contributed by atoms with Gasteiger partial charge in [0.15, 0.2) is 12.3 Å². The van der Waals surface area contributed by atoms with Gasteiger partial charge in [0.05, 0.1) is 0 Å². The van der Waals surface area contributed by atoms with Crippen LogP contribution in [-0.2, 0) is 10.4 Å². The number of rotatable bonds is 2. The van der Waals surface area contributed by atoms with Gasteiger partial charge < -0.3 is 20.5 Å². The highest BCUT2D eigenvalue weighted by atomic mass is 16.6. The van der Waals surface area contributed by atoms with Crippen LogP contribution in [0.3, 0.4) is 0 Å². The summed E-state index contributed by atoms with van der Waals surface area (Å²) in [6.45, 7) is 14.2.